The first kappa shape index (κ1) is 12.9. The molecule has 4 N–H and O–H groups in total. The van der Waals surface area contributed by atoms with Gasteiger partial charge in [0, 0.05) is 6.54 Å². The Morgan fingerprint density at radius 3 is 2.72 bits per heavy atom. The number of hydrogen-bond acceptors (Lipinski definition) is 3. The molecule has 0 aliphatic heterocycles. The van der Waals surface area contributed by atoms with Gasteiger partial charge in [0.05, 0.1) is 5.92 Å². The maximum atomic E-state index is 8.86. The van der Waals surface area contributed by atoms with E-state index in [4.69, 9.17) is 10.9 Å². The molecule has 1 fully saturated rings. The fourth-order valence-electron chi connectivity index (χ4n) is 2.24. The monoisotopic (exact) mass is 247 g/mol. The second-order valence-electron chi connectivity index (χ2n) is 5.12. The van der Waals surface area contributed by atoms with E-state index in [1.54, 1.807) is 0 Å². The molecule has 18 heavy (non-hydrogen) atoms. The maximum absolute atomic E-state index is 8.86. The summed E-state index contributed by atoms with van der Waals surface area (Å²) in [6, 6.07) is 9.91. The average Bonchev–Trinajstić information content (AvgIpc) is 3.11. The minimum Gasteiger partial charge on any atom is -0.409 e. The second kappa shape index (κ2) is 5.87. The van der Waals surface area contributed by atoms with Gasteiger partial charge in [-0.05, 0) is 30.4 Å². The normalized spacial score (nSPS) is 24.8. The van der Waals surface area contributed by atoms with Gasteiger partial charge in [-0.3, -0.25) is 0 Å². The van der Waals surface area contributed by atoms with Crippen molar-refractivity contribution in [3.05, 3.63) is 35.9 Å². The standard InChI is InChI=1S/C14H21N3O/c1-10-7-12(10)8-16-9-13(14(15)17-18)11-5-3-2-4-6-11/h2-6,10,12-13,16,18H,7-9H2,1H3,(H2,15,17). The lowest BCUT2D eigenvalue weighted by Gasteiger charge is -2.16. The average molecular weight is 247 g/mol. The highest BCUT2D eigenvalue weighted by Gasteiger charge is 2.32. The molecule has 1 saturated carbocycles. The first-order valence-electron chi connectivity index (χ1n) is 6.45. The quantitative estimate of drug-likeness (QED) is 0.310. The highest BCUT2D eigenvalue weighted by molar-refractivity contribution is 5.87. The summed E-state index contributed by atoms with van der Waals surface area (Å²) in [5.41, 5.74) is 6.84. The molecule has 3 atom stereocenters. The summed E-state index contributed by atoms with van der Waals surface area (Å²) >= 11 is 0. The summed E-state index contributed by atoms with van der Waals surface area (Å²) in [4.78, 5) is 0. The molecule has 0 amide bonds. The summed E-state index contributed by atoms with van der Waals surface area (Å²) in [7, 11) is 0. The molecule has 1 aliphatic rings. The largest absolute Gasteiger partial charge is 0.409 e. The molecule has 98 valence electrons. The Labute approximate surface area is 108 Å². The number of hydrogen-bond donors (Lipinski definition) is 3. The van der Waals surface area contributed by atoms with Crippen LogP contribution in [0.4, 0.5) is 0 Å². The van der Waals surface area contributed by atoms with Crippen LogP contribution in [-0.4, -0.2) is 24.1 Å². The van der Waals surface area contributed by atoms with Gasteiger partial charge in [-0.1, -0.05) is 42.4 Å². The summed E-state index contributed by atoms with van der Waals surface area (Å²) in [5, 5.41) is 15.4. The van der Waals surface area contributed by atoms with Gasteiger partial charge in [-0.2, -0.15) is 0 Å². The smallest absolute Gasteiger partial charge is 0.147 e. The lowest BCUT2D eigenvalue weighted by molar-refractivity contribution is 0.315. The van der Waals surface area contributed by atoms with Gasteiger partial charge in [-0.15, -0.1) is 0 Å². The summed E-state index contributed by atoms with van der Waals surface area (Å²) in [5.74, 6) is 1.84. The first-order chi connectivity index (χ1) is 8.72. The minimum atomic E-state index is -0.0646. The SMILES string of the molecule is CC1CC1CNCC(/C(N)=N/O)c1ccccc1. The third-order valence-corrected chi connectivity index (χ3v) is 3.71. The summed E-state index contributed by atoms with van der Waals surface area (Å²) in [6.07, 6.45) is 1.31. The van der Waals surface area contributed by atoms with Crippen molar-refractivity contribution >= 4 is 5.84 Å². The van der Waals surface area contributed by atoms with Crippen LogP contribution in [0.25, 0.3) is 0 Å². The van der Waals surface area contributed by atoms with Crippen LogP contribution >= 0.6 is 0 Å². The molecule has 2 rings (SSSR count). The van der Waals surface area contributed by atoms with E-state index in [1.165, 1.54) is 6.42 Å². The molecule has 0 saturated heterocycles. The minimum absolute atomic E-state index is 0.0646. The zero-order valence-electron chi connectivity index (χ0n) is 10.7. The molecule has 0 aromatic heterocycles. The Morgan fingerprint density at radius 2 is 2.17 bits per heavy atom. The van der Waals surface area contributed by atoms with E-state index >= 15 is 0 Å². The lowest BCUT2D eigenvalue weighted by Crippen LogP contribution is -2.32. The predicted octanol–water partition coefficient (Wildman–Crippen LogP) is 1.76. The lowest BCUT2D eigenvalue weighted by atomic mass is 9.98. The number of benzene rings is 1. The van der Waals surface area contributed by atoms with Gasteiger partial charge in [0.2, 0.25) is 0 Å². The van der Waals surface area contributed by atoms with Crippen molar-refractivity contribution in [3.8, 4) is 0 Å². The molecule has 0 heterocycles. The molecule has 1 aromatic carbocycles. The van der Waals surface area contributed by atoms with Gasteiger partial charge in [0.15, 0.2) is 0 Å². The Kier molecular flexibility index (Phi) is 4.20. The highest BCUT2D eigenvalue weighted by Crippen LogP contribution is 2.36. The number of amidine groups is 1. The zero-order valence-corrected chi connectivity index (χ0v) is 10.7. The molecule has 1 aliphatic carbocycles. The van der Waals surface area contributed by atoms with Crippen LogP contribution in [0.5, 0.6) is 0 Å². The Bertz CT molecular complexity index is 405. The van der Waals surface area contributed by atoms with Gasteiger partial charge in [0.25, 0.3) is 0 Å². The third kappa shape index (κ3) is 3.23. The third-order valence-electron chi connectivity index (χ3n) is 3.71. The Balaban J connectivity index is 1.93. The Hall–Kier alpha value is -1.55. The topological polar surface area (TPSA) is 70.6 Å². The zero-order chi connectivity index (χ0) is 13.0. The Morgan fingerprint density at radius 1 is 1.50 bits per heavy atom. The van der Waals surface area contributed by atoms with Crippen molar-refractivity contribution in [2.45, 2.75) is 19.3 Å². The van der Waals surface area contributed by atoms with E-state index < -0.39 is 0 Å². The molecule has 3 unspecified atom stereocenters. The molecule has 4 heteroatoms. The van der Waals surface area contributed by atoms with Gasteiger partial charge < -0.3 is 16.3 Å². The van der Waals surface area contributed by atoms with Gasteiger partial charge in [0.1, 0.15) is 5.84 Å². The van der Waals surface area contributed by atoms with Crippen LogP contribution in [-0.2, 0) is 0 Å². The van der Waals surface area contributed by atoms with Gasteiger partial charge >= 0.3 is 0 Å². The van der Waals surface area contributed by atoms with E-state index in [0.717, 1.165) is 23.9 Å². The van der Waals surface area contributed by atoms with Crippen molar-refractivity contribution in [3.63, 3.8) is 0 Å². The first-order valence-corrected chi connectivity index (χ1v) is 6.45. The highest BCUT2D eigenvalue weighted by atomic mass is 16.4. The van der Waals surface area contributed by atoms with Crippen LogP contribution in [0.3, 0.4) is 0 Å². The van der Waals surface area contributed by atoms with E-state index in [1.807, 2.05) is 30.3 Å². The molecule has 1 aromatic rings. The van der Waals surface area contributed by atoms with Crippen molar-refractivity contribution in [1.29, 1.82) is 0 Å². The number of rotatable bonds is 6. The summed E-state index contributed by atoms with van der Waals surface area (Å²) in [6.45, 7) is 4.00. The van der Waals surface area contributed by atoms with Crippen LogP contribution in [0.15, 0.2) is 35.5 Å². The maximum Gasteiger partial charge on any atom is 0.147 e. The fraction of sp³-hybridized carbons (Fsp3) is 0.500. The second-order valence-corrected chi connectivity index (χ2v) is 5.12. The number of nitrogens with one attached hydrogen (secondary N) is 1. The van der Waals surface area contributed by atoms with E-state index in [-0.39, 0.29) is 11.8 Å². The van der Waals surface area contributed by atoms with E-state index in [2.05, 4.69) is 17.4 Å². The summed E-state index contributed by atoms with van der Waals surface area (Å²) < 4.78 is 0. The van der Waals surface area contributed by atoms with Crippen LogP contribution in [0.2, 0.25) is 0 Å². The molecule has 0 radical (unpaired) electrons. The van der Waals surface area contributed by atoms with Crippen LogP contribution in [0, 0.1) is 11.8 Å². The van der Waals surface area contributed by atoms with E-state index in [0.29, 0.717) is 6.54 Å². The molecule has 0 bridgehead atoms. The van der Waals surface area contributed by atoms with Crippen molar-refractivity contribution in [2.75, 3.05) is 13.1 Å². The molecule has 4 nitrogen and oxygen atoms in total. The van der Waals surface area contributed by atoms with Crippen LogP contribution in [0.1, 0.15) is 24.8 Å². The number of oxime groups is 1. The molecular formula is C14H21N3O. The molecular weight excluding hydrogens is 226 g/mol. The van der Waals surface area contributed by atoms with Gasteiger partial charge in [-0.25, -0.2) is 0 Å². The number of nitrogens with two attached hydrogens (primary N) is 1. The van der Waals surface area contributed by atoms with Crippen molar-refractivity contribution in [2.24, 2.45) is 22.7 Å². The van der Waals surface area contributed by atoms with Crippen LogP contribution < -0.4 is 11.1 Å². The predicted molar refractivity (Wildman–Crippen MR) is 72.7 cm³/mol. The fourth-order valence-corrected chi connectivity index (χ4v) is 2.24. The van der Waals surface area contributed by atoms with Crippen molar-refractivity contribution < 1.29 is 5.21 Å². The van der Waals surface area contributed by atoms with E-state index in [9.17, 15) is 0 Å². The molecule has 0 spiro atoms. The number of nitrogens with zero attached hydrogens (tertiary/aromatic N) is 1. The van der Waals surface area contributed by atoms with Crippen molar-refractivity contribution in [1.82, 2.24) is 5.32 Å².